The number of nitrogens with one attached hydrogen (secondary N) is 1. The summed E-state index contributed by atoms with van der Waals surface area (Å²) in [5, 5.41) is 21.2. The molecule has 0 spiro atoms. The quantitative estimate of drug-likeness (QED) is 0.387. The van der Waals surface area contributed by atoms with Gasteiger partial charge in [-0.3, -0.25) is 14.9 Å². The number of para-hydroxylation sites is 2. The number of nitrogens with zero attached hydrogens (tertiary/aromatic N) is 3. The molecule has 1 atom stereocenters. The first kappa shape index (κ1) is 18.6. The molecular formula is C18H16N4O4S. The Bertz CT molecular complexity index is 989. The first-order chi connectivity index (χ1) is 12.9. The molecule has 0 saturated carbocycles. The van der Waals surface area contributed by atoms with Crippen molar-refractivity contribution in [2.45, 2.75) is 24.3 Å². The van der Waals surface area contributed by atoms with Crippen molar-refractivity contribution < 1.29 is 14.1 Å². The minimum atomic E-state index is -0.587. The SMILES string of the molecule is Cc1cccc(-c2nnc(S[C@@H](C)C(=O)Nc3ccccc3[N+](=O)[O-])o2)c1. The molecule has 0 fully saturated rings. The maximum absolute atomic E-state index is 12.4. The van der Waals surface area contributed by atoms with Gasteiger partial charge in [-0.25, -0.2) is 0 Å². The average Bonchev–Trinajstić information content (AvgIpc) is 3.10. The lowest BCUT2D eigenvalue weighted by molar-refractivity contribution is -0.383. The Morgan fingerprint density at radius 3 is 2.74 bits per heavy atom. The molecular weight excluding hydrogens is 368 g/mol. The van der Waals surface area contributed by atoms with Gasteiger partial charge in [-0.2, -0.15) is 0 Å². The molecule has 0 radical (unpaired) electrons. The van der Waals surface area contributed by atoms with Crippen LogP contribution < -0.4 is 5.32 Å². The van der Waals surface area contributed by atoms with Crippen LogP contribution in [0.4, 0.5) is 11.4 Å². The van der Waals surface area contributed by atoms with E-state index in [0.29, 0.717) is 5.89 Å². The molecule has 1 aromatic heterocycles. The number of anilines is 1. The first-order valence-electron chi connectivity index (χ1n) is 8.05. The molecule has 0 aliphatic rings. The van der Waals surface area contributed by atoms with Crippen LogP contribution in [0.1, 0.15) is 12.5 Å². The summed E-state index contributed by atoms with van der Waals surface area (Å²) >= 11 is 1.08. The zero-order valence-corrected chi connectivity index (χ0v) is 15.4. The van der Waals surface area contributed by atoms with Gasteiger partial charge in [0.1, 0.15) is 5.69 Å². The molecule has 0 saturated heterocycles. The molecule has 27 heavy (non-hydrogen) atoms. The summed E-state index contributed by atoms with van der Waals surface area (Å²) in [5.74, 6) is -0.0305. The van der Waals surface area contributed by atoms with E-state index in [1.54, 1.807) is 13.0 Å². The fourth-order valence-corrected chi connectivity index (χ4v) is 3.01. The lowest BCUT2D eigenvalue weighted by Gasteiger charge is -2.10. The molecule has 3 aromatic rings. The van der Waals surface area contributed by atoms with Gasteiger partial charge in [0, 0.05) is 11.6 Å². The van der Waals surface area contributed by atoms with Crippen LogP contribution in [0, 0.1) is 17.0 Å². The summed E-state index contributed by atoms with van der Waals surface area (Å²) in [6.45, 7) is 3.62. The maximum atomic E-state index is 12.4. The van der Waals surface area contributed by atoms with Crippen molar-refractivity contribution >= 4 is 29.0 Å². The van der Waals surface area contributed by atoms with Gasteiger partial charge >= 0.3 is 0 Å². The number of nitro benzene ring substituents is 1. The summed E-state index contributed by atoms with van der Waals surface area (Å²) in [6, 6.07) is 13.6. The van der Waals surface area contributed by atoms with Crippen LogP contribution in [0.2, 0.25) is 0 Å². The lowest BCUT2D eigenvalue weighted by atomic mass is 10.1. The number of aromatic nitrogens is 2. The normalized spacial score (nSPS) is 11.8. The Kier molecular flexibility index (Phi) is 5.51. The monoisotopic (exact) mass is 384 g/mol. The van der Waals surface area contributed by atoms with Gasteiger partial charge in [0.15, 0.2) is 0 Å². The Morgan fingerprint density at radius 1 is 1.22 bits per heavy atom. The molecule has 8 nitrogen and oxygen atoms in total. The second-order valence-corrected chi connectivity index (χ2v) is 7.06. The summed E-state index contributed by atoms with van der Waals surface area (Å²) in [5.41, 5.74) is 1.84. The van der Waals surface area contributed by atoms with Gasteiger partial charge in [-0.15, -0.1) is 10.2 Å². The Balaban J connectivity index is 1.68. The zero-order chi connectivity index (χ0) is 19.4. The van der Waals surface area contributed by atoms with Crippen molar-refractivity contribution in [2.75, 3.05) is 5.32 Å². The maximum Gasteiger partial charge on any atom is 0.292 e. The van der Waals surface area contributed by atoms with Gasteiger partial charge in [-0.1, -0.05) is 41.6 Å². The van der Waals surface area contributed by atoms with Crippen molar-refractivity contribution in [2.24, 2.45) is 0 Å². The molecule has 138 valence electrons. The number of hydrogen-bond acceptors (Lipinski definition) is 7. The molecule has 0 aliphatic heterocycles. The zero-order valence-electron chi connectivity index (χ0n) is 14.6. The van der Waals surface area contributed by atoms with Crippen LogP contribution in [0.5, 0.6) is 0 Å². The number of benzene rings is 2. The van der Waals surface area contributed by atoms with Crippen LogP contribution >= 0.6 is 11.8 Å². The lowest BCUT2D eigenvalue weighted by Crippen LogP contribution is -2.22. The molecule has 0 bridgehead atoms. The van der Waals surface area contributed by atoms with Crippen LogP contribution in [-0.2, 0) is 4.79 Å². The van der Waals surface area contributed by atoms with E-state index in [4.69, 9.17) is 4.42 Å². The van der Waals surface area contributed by atoms with Crippen LogP contribution in [0.15, 0.2) is 58.2 Å². The second-order valence-electron chi connectivity index (χ2n) is 5.77. The van der Waals surface area contributed by atoms with Crippen LogP contribution in [-0.4, -0.2) is 26.3 Å². The van der Waals surface area contributed by atoms with E-state index >= 15 is 0 Å². The number of thioether (sulfide) groups is 1. The van der Waals surface area contributed by atoms with E-state index in [0.717, 1.165) is 22.9 Å². The number of carbonyl (C=O) groups is 1. The van der Waals surface area contributed by atoms with E-state index in [1.807, 2.05) is 31.2 Å². The minimum absolute atomic E-state index is 0.144. The third kappa shape index (κ3) is 4.50. The van der Waals surface area contributed by atoms with E-state index in [-0.39, 0.29) is 16.6 Å². The van der Waals surface area contributed by atoms with Gasteiger partial charge in [-0.05, 0) is 32.0 Å². The third-order valence-corrected chi connectivity index (χ3v) is 4.61. The van der Waals surface area contributed by atoms with Crippen molar-refractivity contribution in [1.82, 2.24) is 10.2 Å². The molecule has 2 aromatic carbocycles. The van der Waals surface area contributed by atoms with Crippen LogP contribution in [0.3, 0.4) is 0 Å². The van der Waals surface area contributed by atoms with E-state index in [1.165, 1.54) is 18.2 Å². The number of hydrogen-bond donors (Lipinski definition) is 1. The number of amides is 1. The highest BCUT2D eigenvalue weighted by atomic mass is 32.2. The van der Waals surface area contributed by atoms with Crippen LogP contribution in [0.25, 0.3) is 11.5 Å². The molecule has 3 rings (SSSR count). The van der Waals surface area contributed by atoms with Gasteiger partial charge in [0.2, 0.25) is 11.8 Å². The van der Waals surface area contributed by atoms with Gasteiger partial charge in [0.05, 0.1) is 10.2 Å². The summed E-state index contributed by atoms with van der Waals surface area (Å²) in [4.78, 5) is 22.9. The highest BCUT2D eigenvalue weighted by Gasteiger charge is 2.22. The smallest absolute Gasteiger partial charge is 0.292 e. The standard InChI is InChI=1S/C18H16N4O4S/c1-11-6-5-7-13(10-11)17-20-21-18(26-17)27-12(2)16(23)19-14-8-3-4-9-15(14)22(24)25/h3-10,12H,1-2H3,(H,19,23)/t12-/m0/s1. The minimum Gasteiger partial charge on any atom is -0.411 e. The fourth-order valence-electron chi connectivity index (χ4n) is 2.33. The largest absolute Gasteiger partial charge is 0.411 e. The second kappa shape index (κ2) is 8.00. The Hall–Kier alpha value is -3.20. The summed E-state index contributed by atoms with van der Waals surface area (Å²) in [6.07, 6.45) is 0. The molecule has 1 heterocycles. The highest BCUT2D eigenvalue weighted by Crippen LogP contribution is 2.28. The number of nitro groups is 1. The van der Waals surface area contributed by atoms with Crippen molar-refractivity contribution in [3.63, 3.8) is 0 Å². The summed E-state index contributed by atoms with van der Waals surface area (Å²) in [7, 11) is 0. The molecule has 1 amide bonds. The molecule has 0 aliphatic carbocycles. The van der Waals surface area contributed by atoms with E-state index in [2.05, 4.69) is 15.5 Å². The molecule has 1 N–H and O–H groups in total. The predicted molar refractivity (Wildman–Crippen MR) is 102 cm³/mol. The van der Waals surface area contributed by atoms with Gasteiger partial charge < -0.3 is 9.73 Å². The Labute approximate surface area is 159 Å². The van der Waals surface area contributed by atoms with E-state index in [9.17, 15) is 14.9 Å². The number of carbonyl (C=O) groups excluding carboxylic acids is 1. The topological polar surface area (TPSA) is 111 Å². The van der Waals surface area contributed by atoms with Gasteiger partial charge in [0.25, 0.3) is 10.9 Å². The van der Waals surface area contributed by atoms with Crippen molar-refractivity contribution in [3.05, 3.63) is 64.2 Å². The Morgan fingerprint density at radius 2 is 2.00 bits per heavy atom. The van der Waals surface area contributed by atoms with Crippen molar-refractivity contribution in [1.29, 1.82) is 0 Å². The number of rotatable bonds is 6. The first-order valence-corrected chi connectivity index (χ1v) is 8.93. The highest BCUT2D eigenvalue weighted by molar-refractivity contribution is 8.00. The fraction of sp³-hybridized carbons (Fsp3) is 0.167. The van der Waals surface area contributed by atoms with E-state index < -0.39 is 16.1 Å². The third-order valence-electron chi connectivity index (χ3n) is 3.68. The number of aryl methyl sites for hydroxylation is 1. The predicted octanol–water partition coefficient (Wildman–Crippen LogP) is 4.07. The average molecular weight is 384 g/mol. The summed E-state index contributed by atoms with van der Waals surface area (Å²) < 4.78 is 5.61. The molecule has 0 unspecified atom stereocenters. The van der Waals surface area contributed by atoms with Crippen molar-refractivity contribution in [3.8, 4) is 11.5 Å². The molecule has 9 heteroatoms.